The molecule has 3 aliphatic rings. The summed E-state index contributed by atoms with van der Waals surface area (Å²) in [5.41, 5.74) is 1.000. The van der Waals surface area contributed by atoms with Gasteiger partial charge in [0.1, 0.15) is 11.9 Å². The number of nitrogens with one attached hydrogen (secondary N) is 2. The number of ether oxygens (including phenoxy) is 4. The highest BCUT2D eigenvalue weighted by atomic mass is 35.5. The predicted molar refractivity (Wildman–Crippen MR) is 96.3 cm³/mol. The molecule has 5 heterocycles. The molecule has 0 aromatic carbocycles. The van der Waals surface area contributed by atoms with Crippen LogP contribution in [-0.4, -0.2) is 76.7 Å². The molecule has 11 heteroatoms. The van der Waals surface area contributed by atoms with Crippen LogP contribution in [-0.2, 0) is 14.2 Å². The van der Waals surface area contributed by atoms with E-state index in [4.69, 9.17) is 30.5 Å². The number of hydrogen-bond acceptors (Lipinski definition) is 8. The van der Waals surface area contributed by atoms with Crippen molar-refractivity contribution in [2.24, 2.45) is 0 Å². The van der Waals surface area contributed by atoms with E-state index < -0.39 is 24.2 Å². The predicted octanol–water partition coefficient (Wildman–Crippen LogP) is 1.41. The maximum atomic E-state index is 14.6. The second kappa shape index (κ2) is 6.96. The minimum Gasteiger partial charge on any atom is -0.456 e. The number of hydrogen-bond donors (Lipinski definition) is 3. The topological polar surface area (TPSA) is 111 Å². The van der Waals surface area contributed by atoms with Crippen molar-refractivity contribution >= 4 is 28.6 Å². The van der Waals surface area contributed by atoms with E-state index in [1.165, 1.54) is 0 Å². The van der Waals surface area contributed by atoms with Gasteiger partial charge in [-0.3, -0.25) is 0 Å². The van der Waals surface area contributed by atoms with Crippen LogP contribution in [0.25, 0.3) is 11.2 Å². The standard InChI is InChI=1S/C17H20ClFN4O5/c18-9-4-10-15(22-14(9)20-8-2-1-3-25-5-8)23-16(21-10)28-11-6-27-17(19)12(24)7-26-13(11)17/h4,8,11-13,24H,1-3,5-7H2,(H2,20,21,22,23)/t8?,11-,12-,13-,17-/m1/s1. The fourth-order valence-corrected chi connectivity index (χ4v) is 3.99. The molecule has 0 aliphatic carbocycles. The Morgan fingerprint density at radius 3 is 3.07 bits per heavy atom. The van der Waals surface area contributed by atoms with Gasteiger partial charge in [0.05, 0.1) is 36.4 Å². The number of aliphatic hydroxyl groups is 1. The van der Waals surface area contributed by atoms with E-state index >= 15 is 0 Å². The maximum absolute atomic E-state index is 14.6. The summed E-state index contributed by atoms with van der Waals surface area (Å²) in [5, 5.41) is 13.4. The second-order valence-corrected chi connectivity index (χ2v) is 7.63. The molecule has 3 fully saturated rings. The van der Waals surface area contributed by atoms with E-state index in [1.54, 1.807) is 6.07 Å². The van der Waals surface area contributed by atoms with Crippen LogP contribution in [0.1, 0.15) is 12.8 Å². The van der Waals surface area contributed by atoms with Gasteiger partial charge in [-0.2, -0.15) is 4.98 Å². The summed E-state index contributed by atoms with van der Waals surface area (Å²) in [7, 11) is 0. The van der Waals surface area contributed by atoms with Gasteiger partial charge in [0.2, 0.25) is 0 Å². The van der Waals surface area contributed by atoms with Crippen molar-refractivity contribution in [1.82, 2.24) is 15.0 Å². The number of H-pyrrole nitrogens is 1. The van der Waals surface area contributed by atoms with Gasteiger partial charge in [0.25, 0.3) is 11.9 Å². The molecular formula is C17H20ClFN4O5. The zero-order chi connectivity index (χ0) is 19.3. The lowest BCUT2D eigenvalue weighted by Gasteiger charge is -2.23. The number of rotatable bonds is 4. The number of alkyl halides is 1. The van der Waals surface area contributed by atoms with Gasteiger partial charge in [-0.25, -0.2) is 9.37 Å². The van der Waals surface area contributed by atoms with E-state index in [2.05, 4.69) is 20.3 Å². The molecule has 2 aromatic rings. The Morgan fingerprint density at radius 1 is 1.36 bits per heavy atom. The van der Waals surface area contributed by atoms with Crippen molar-refractivity contribution < 1.29 is 28.4 Å². The number of imidazole rings is 1. The highest BCUT2D eigenvalue weighted by Crippen LogP contribution is 2.40. The molecule has 0 spiro atoms. The quantitative estimate of drug-likeness (QED) is 0.688. The molecule has 5 rings (SSSR count). The van der Waals surface area contributed by atoms with E-state index in [0.29, 0.717) is 28.6 Å². The lowest BCUT2D eigenvalue weighted by Crippen LogP contribution is -2.43. The smallest absolute Gasteiger partial charge is 0.296 e. The van der Waals surface area contributed by atoms with Gasteiger partial charge in [-0.05, 0) is 18.9 Å². The molecule has 28 heavy (non-hydrogen) atoms. The number of aromatic amines is 1. The number of aromatic nitrogens is 3. The Kier molecular flexibility index (Phi) is 4.55. The molecule has 152 valence electrons. The maximum Gasteiger partial charge on any atom is 0.296 e. The van der Waals surface area contributed by atoms with Crippen molar-refractivity contribution in [2.45, 2.75) is 43.1 Å². The molecule has 5 atom stereocenters. The Balaban J connectivity index is 1.34. The zero-order valence-corrected chi connectivity index (χ0v) is 15.6. The fraction of sp³-hybridized carbons (Fsp3) is 0.647. The van der Waals surface area contributed by atoms with Crippen molar-refractivity contribution in [1.29, 1.82) is 0 Å². The van der Waals surface area contributed by atoms with E-state index in [-0.39, 0.29) is 25.3 Å². The van der Waals surface area contributed by atoms with E-state index in [1.807, 2.05) is 0 Å². The zero-order valence-electron chi connectivity index (χ0n) is 14.9. The first-order valence-electron chi connectivity index (χ1n) is 9.22. The van der Waals surface area contributed by atoms with Gasteiger partial charge in [0.15, 0.2) is 17.9 Å². The summed E-state index contributed by atoms with van der Waals surface area (Å²) in [5.74, 6) is -1.73. The van der Waals surface area contributed by atoms with Crippen LogP contribution in [0.5, 0.6) is 6.01 Å². The molecule has 3 aliphatic heterocycles. The Labute approximate surface area is 164 Å². The van der Waals surface area contributed by atoms with Crippen LogP contribution in [0, 0.1) is 0 Å². The van der Waals surface area contributed by atoms with E-state index in [0.717, 1.165) is 19.4 Å². The van der Waals surface area contributed by atoms with Crippen molar-refractivity contribution in [3.05, 3.63) is 11.1 Å². The van der Waals surface area contributed by atoms with Crippen LogP contribution >= 0.6 is 11.6 Å². The van der Waals surface area contributed by atoms with Crippen LogP contribution in [0.4, 0.5) is 10.2 Å². The first-order chi connectivity index (χ1) is 13.5. The van der Waals surface area contributed by atoms with Crippen molar-refractivity contribution in [3.63, 3.8) is 0 Å². The third-order valence-corrected chi connectivity index (χ3v) is 5.54. The first-order valence-corrected chi connectivity index (χ1v) is 9.60. The van der Waals surface area contributed by atoms with Gasteiger partial charge >= 0.3 is 0 Å². The lowest BCUT2D eigenvalue weighted by molar-refractivity contribution is -0.169. The molecule has 0 amide bonds. The number of halogens is 2. The number of pyridine rings is 1. The normalized spacial score (nSPS) is 35.2. The summed E-state index contributed by atoms with van der Waals surface area (Å²) in [6.45, 7) is 1.17. The third-order valence-electron chi connectivity index (χ3n) is 5.25. The highest BCUT2D eigenvalue weighted by Gasteiger charge is 2.62. The number of anilines is 1. The number of nitrogens with zero attached hydrogens (tertiary/aromatic N) is 2. The van der Waals surface area contributed by atoms with Crippen LogP contribution in [0.2, 0.25) is 5.02 Å². The Hall–Kier alpha value is -1.72. The Bertz CT molecular complexity index is 879. The third kappa shape index (κ3) is 3.09. The number of fused-ring (bicyclic) bond motifs is 2. The molecule has 9 nitrogen and oxygen atoms in total. The summed E-state index contributed by atoms with van der Waals surface area (Å²) >= 11 is 6.34. The highest BCUT2D eigenvalue weighted by molar-refractivity contribution is 6.33. The minimum absolute atomic E-state index is 0.0576. The second-order valence-electron chi connectivity index (χ2n) is 7.23. The molecule has 2 aromatic heterocycles. The number of aliphatic hydroxyl groups excluding tert-OH is 1. The lowest BCUT2D eigenvalue weighted by atomic mass is 10.1. The van der Waals surface area contributed by atoms with Crippen LogP contribution in [0.3, 0.4) is 0 Å². The summed E-state index contributed by atoms with van der Waals surface area (Å²) in [4.78, 5) is 11.7. The van der Waals surface area contributed by atoms with E-state index in [9.17, 15) is 9.50 Å². The molecular weight excluding hydrogens is 395 g/mol. The molecule has 0 radical (unpaired) electrons. The SMILES string of the molecule is O[C@@H]1CO[C@@H]2[C@H](Oc3nc4nc(NC5CCCOC5)c(Cl)cc4[nH]3)CO[C@]12F. The minimum atomic E-state index is -2.25. The average molecular weight is 415 g/mol. The molecule has 3 saturated heterocycles. The van der Waals surface area contributed by atoms with Crippen LogP contribution in [0.15, 0.2) is 6.07 Å². The van der Waals surface area contributed by atoms with Gasteiger partial charge in [0, 0.05) is 6.61 Å². The van der Waals surface area contributed by atoms with Gasteiger partial charge < -0.3 is 34.4 Å². The van der Waals surface area contributed by atoms with Gasteiger partial charge in [-0.15, -0.1) is 0 Å². The summed E-state index contributed by atoms with van der Waals surface area (Å²) in [6, 6.07) is 2.00. The van der Waals surface area contributed by atoms with Gasteiger partial charge in [-0.1, -0.05) is 11.6 Å². The molecule has 1 unspecified atom stereocenters. The Morgan fingerprint density at radius 2 is 2.25 bits per heavy atom. The first kappa shape index (κ1) is 18.3. The molecule has 0 bridgehead atoms. The van der Waals surface area contributed by atoms with Crippen LogP contribution < -0.4 is 10.1 Å². The summed E-state index contributed by atoms with van der Waals surface area (Å²) in [6.07, 6.45) is -1.13. The molecule has 0 saturated carbocycles. The van der Waals surface area contributed by atoms with Crippen molar-refractivity contribution in [2.75, 3.05) is 31.7 Å². The fourth-order valence-electron chi connectivity index (χ4n) is 3.79. The monoisotopic (exact) mass is 414 g/mol. The van der Waals surface area contributed by atoms with Crippen molar-refractivity contribution in [3.8, 4) is 6.01 Å². The average Bonchev–Trinajstić information content (AvgIpc) is 3.31. The largest absolute Gasteiger partial charge is 0.456 e. The molecule has 3 N–H and O–H groups in total. The summed E-state index contributed by atoms with van der Waals surface area (Å²) < 4.78 is 36.2.